The molecule has 178 valence electrons. The van der Waals surface area contributed by atoms with E-state index in [-0.39, 0.29) is 5.91 Å². The number of hydrogen-bond acceptors (Lipinski definition) is 4. The summed E-state index contributed by atoms with van der Waals surface area (Å²) in [6.45, 7) is 3.19. The third kappa shape index (κ3) is 5.21. The zero-order valence-corrected chi connectivity index (χ0v) is 20.1. The van der Waals surface area contributed by atoms with Crippen LogP contribution in [-0.2, 0) is 22.6 Å². The molecule has 0 aliphatic rings. The molecular formula is C27H32N4O3. The van der Waals surface area contributed by atoms with Crippen molar-refractivity contribution in [2.45, 2.75) is 19.5 Å². The Bertz CT molecular complexity index is 1240. The monoisotopic (exact) mass is 460 g/mol. The van der Waals surface area contributed by atoms with E-state index in [2.05, 4.69) is 44.6 Å². The Kier molecular flexibility index (Phi) is 7.77. The van der Waals surface area contributed by atoms with E-state index in [9.17, 15) is 4.79 Å². The lowest BCUT2D eigenvalue weighted by molar-refractivity contribution is 0.0745. The Morgan fingerprint density at radius 1 is 1.00 bits per heavy atom. The maximum atomic E-state index is 13.5. The summed E-state index contributed by atoms with van der Waals surface area (Å²) in [5.74, 6) is -0.0210. The van der Waals surface area contributed by atoms with Crippen LogP contribution in [0.1, 0.15) is 22.5 Å². The third-order valence-corrected chi connectivity index (χ3v) is 6.06. The van der Waals surface area contributed by atoms with E-state index in [0.717, 1.165) is 40.6 Å². The highest BCUT2D eigenvalue weighted by Gasteiger charge is 2.21. The van der Waals surface area contributed by atoms with E-state index in [1.165, 1.54) is 0 Å². The molecular weight excluding hydrogens is 428 g/mol. The van der Waals surface area contributed by atoms with E-state index < -0.39 is 0 Å². The van der Waals surface area contributed by atoms with Gasteiger partial charge in [0.2, 0.25) is 0 Å². The van der Waals surface area contributed by atoms with Gasteiger partial charge in [-0.1, -0.05) is 42.5 Å². The summed E-state index contributed by atoms with van der Waals surface area (Å²) in [4.78, 5) is 19.5. The van der Waals surface area contributed by atoms with Gasteiger partial charge in [-0.05, 0) is 22.8 Å². The standard InChI is InChI=1S/C27H32N4O3/c1-29(13-15-34-3)27(32)26-19-30(17-22-16-28-20-31(22)12-7-14-33-2)18-25(26)24-11-6-9-21-8-4-5-10-23(21)24/h4-6,8-11,16,18-20H,7,12-15,17H2,1-3H3. The zero-order valence-electron chi connectivity index (χ0n) is 20.1. The minimum atomic E-state index is -0.0210. The first-order valence-corrected chi connectivity index (χ1v) is 11.5. The first-order chi connectivity index (χ1) is 16.6. The Hall–Kier alpha value is -3.42. The maximum Gasteiger partial charge on any atom is 0.255 e. The van der Waals surface area contributed by atoms with Gasteiger partial charge in [0.25, 0.3) is 5.91 Å². The highest BCUT2D eigenvalue weighted by Crippen LogP contribution is 2.32. The van der Waals surface area contributed by atoms with Gasteiger partial charge in [-0.25, -0.2) is 4.98 Å². The molecule has 0 saturated carbocycles. The van der Waals surface area contributed by atoms with Crippen molar-refractivity contribution in [3.63, 3.8) is 0 Å². The second-order valence-electron chi connectivity index (χ2n) is 8.43. The number of aromatic nitrogens is 3. The molecule has 1 amide bonds. The molecule has 0 unspecified atom stereocenters. The third-order valence-electron chi connectivity index (χ3n) is 6.06. The second-order valence-corrected chi connectivity index (χ2v) is 8.43. The highest BCUT2D eigenvalue weighted by molar-refractivity contribution is 6.05. The Labute approximate surface area is 200 Å². The van der Waals surface area contributed by atoms with Crippen LogP contribution in [0.15, 0.2) is 67.4 Å². The molecule has 7 nitrogen and oxygen atoms in total. The molecule has 0 aliphatic heterocycles. The van der Waals surface area contributed by atoms with Gasteiger partial charge in [0.15, 0.2) is 0 Å². The first kappa shape index (κ1) is 23.7. The van der Waals surface area contributed by atoms with E-state index in [1.54, 1.807) is 19.1 Å². The molecule has 7 heteroatoms. The first-order valence-electron chi connectivity index (χ1n) is 11.5. The van der Waals surface area contributed by atoms with E-state index in [4.69, 9.17) is 9.47 Å². The zero-order chi connectivity index (χ0) is 23.9. The van der Waals surface area contributed by atoms with Crippen LogP contribution in [0.4, 0.5) is 0 Å². The highest BCUT2D eigenvalue weighted by atomic mass is 16.5. The molecule has 0 saturated heterocycles. The number of amides is 1. The summed E-state index contributed by atoms with van der Waals surface area (Å²) in [5.41, 5.74) is 3.74. The van der Waals surface area contributed by atoms with Crippen LogP contribution in [0.3, 0.4) is 0 Å². The van der Waals surface area contributed by atoms with Gasteiger partial charge in [0, 0.05) is 65.1 Å². The van der Waals surface area contributed by atoms with Crippen molar-refractivity contribution in [1.82, 2.24) is 19.0 Å². The van der Waals surface area contributed by atoms with Crippen LogP contribution in [0, 0.1) is 0 Å². The van der Waals surface area contributed by atoms with Crippen LogP contribution >= 0.6 is 0 Å². The minimum Gasteiger partial charge on any atom is -0.385 e. The second kappa shape index (κ2) is 11.1. The molecule has 34 heavy (non-hydrogen) atoms. The summed E-state index contributed by atoms with van der Waals surface area (Å²) in [6.07, 6.45) is 8.68. The summed E-state index contributed by atoms with van der Waals surface area (Å²) in [6, 6.07) is 14.5. The van der Waals surface area contributed by atoms with Gasteiger partial charge >= 0.3 is 0 Å². The number of methoxy groups -OCH3 is 2. The molecule has 0 atom stereocenters. The van der Waals surface area contributed by atoms with Crippen LogP contribution < -0.4 is 0 Å². The molecule has 0 aliphatic carbocycles. The molecule has 2 heterocycles. The molecule has 0 radical (unpaired) electrons. The molecule has 4 rings (SSSR count). The number of hydrogen-bond donors (Lipinski definition) is 0. The van der Waals surface area contributed by atoms with Crippen molar-refractivity contribution < 1.29 is 14.3 Å². The number of nitrogens with zero attached hydrogens (tertiary/aromatic N) is 4. The van der Waals surface area contributed by atoms with Crippen molar-refractivity contribution >= 4 is 16.7 Å². The lowest BCUT2D eigenvalue weighted by Crippen LogP contribution is -2.30. The van der Waals surface area contributed by atoms with Gasteiger partial charge in [0.05, 0.1) is 30.7 Å². The SMILES string of the molecule is COCCCn1cncc1Cn1cc(C(=O)N(C)CCOC)c(-c2cccc3ccccc23)c1. The number of ether oxygens (including phenoxy) is 2. The van der Waals surface area contributed by atoms with Gasteiger partial charge < -0.3 is 23.5 Å². The molecule has 4 aromatic rings. The van der Waals surface area contributed by atoms with Gasteiger partial charge in [0.1, 0.15) is 0 Å². The van der Waals surface area contributed by atoms with Crippen molar-refractivity contribution in [3.05, 3.63) is 78.6 Å². The lowest BCUT2D eigenvalue weighted by atomic mass is 9.97. The largest absolute Gasteiger partial charge is 0.385 e. The van der Waals surface area contributed by atoms with Gasteiger partial charge in [-0.2, -0.15) is 0 Å². The van der Waals surface area contributed by atoms with E-state index >= 15 is 0 Å². The number of carbonyl (C=O) groups is 1. The summed E-state index contributed by atoms with van der Waals surface area (Å²) >= 11 is 0. The Morgan fingerprint density at radius 2 is 1.79 bits per heavy atom. The molecule has 0 spiro atoms. The topological polar surface area (TPSA) is 61.5 Å². The fourth-order valence-electron chi connectivity index (χ4n) is 4.23. The van der Waals surface area contributed by atoms with Gasteiger partial charge in [-0.15, -0.1) is 0 Å². The summed E-state index contributed by atoms with van der Waals surface area (Å²) < 4.78 is 14.6. The normalized spacial score (nSPS) is 11.3. The van der Waals surface area contributed by atoms with Crippen molar-refractivity contribution in [3.8, 4) is 11.1 Å². The predicted octanol–water partition coefficient (Wildman–Crippen LogP) is 4.31. The molecule has 0 N–H and O–H groups in total. The smallest absolute Gasteiger partial charge is 0.255 e. The van der Waals surface area contributed by atoms with Gasteiger partial charge in [-0.3, -0.25) is 4.79 Å². The van der Waals surface area contributed by atoms with Crippen LogP contribution in [-0.4, -0.2) is 66.0 Å². The van der Waals surface area contributed by atoms with Crippen LogP contribution in [0.25, 0.3) is 21.9 Å². The van der Waals surface area contributed by atoms with Crippen molar-refractivity contribution in [2.24, 2.45) is 0 Å². The quantitative estimate of drug-likeness (QED) is 0.313. The number of rotatable bonds is 11. The fraction of sp³-hybridized carbons (Fsp3) is 0.333. The summed E-state index contributed by atoms with van der Waals surface area (Å²) in [5, 5.41) is 2.27. The number of likely N-dealkylation sites (N-methyl/N-ethyl adjacent to an activating group) is 1. The number of aryl methyl sites for hydroxylation is 1. The number of imidazole rings is 1. The minimum absolute atomic E-state index is 0.0210. The van der Waals surface area contributed by atoms with Crippen molar-refractivity contribution in [1.29, 1.82) is 0 Å². The van der Waals surface area contributed by atoms with Crippen molar-refractivity contribution in [2.75, 3.05) is 41.0 Å². The fourth-order valence-corrected chi connectivity index (χ4v) is 4.23. The Morgan fingerprint density at radius 3 is 2.62 bits per heavy atom. The van der Waals surface area contributed by atoms with Crippen LogP contribution in [0.2, 0.25) is 0 Å². The number of carbonyl (C=O) groups excluding carboxylic acids is 1. The number of benzene rings is 2. The maximum absolute atomic E-state index is 13.5. The molecule has 0 bridgehead atoms. The average molecular weight is 461 g/mol. The van der Waals surface area contributed by atoms with E-state index in [0.29, 0.717) is 31.9 Å². The van der Waals surface area contributed by atoms with Crippen LogP contribution in [0.5, 0.6) is 0 Å². The molecule has 2 aromatic heterocycles. The molecule has 2 aromatic carbocycles. The summed E-state index contributed by atoms with van der Waals surface area (Å²) in [7, 11) is 5.17. The predicted molar refractivity (Wildman–Crippen MR) is 134 cm³/mol. The average Bonchev–Trinajstić information content (AvgIpc) is 3.49. The molecule has 0 fully saturated rings. The number of fused-ring (bicyclic) bond motifs is 1. The Balaban J connectivity index is 1.72. The lowest BCUT2D eigenvalue weighted by Gasteiger charge is -2.17. The van der Waals surface area contributed by atoms with E-state index in [1.807, 2.05) is 44.0 Å².